The van der Waals surface area contributed by atoms with Gasteiger partial charge in [0.15, 0.2) is 0 Å². The van der Waals surface area contributed by atoms with Gasteiger partial charge < -0.3 is 0 Å². The SMILES string of the molecule is CC(Cl)CCc1ccc2ccccc2n1. The van der Waals surface area contributed by atoms with Gasteiger partial charge in [-0.15, -0.1) is 11.6 Å². The van der Waals surface area contributed by atoms with Gasteiger partial charge in [0.25, 0.3) is 0 Å². The van der Waals surface area contributed by atoms with Crippen LogP contribution in [0.15, 0.2) is 36.4 Å². The van der Waals surface area contributed by atoms with E-state index in [1.807, 2.05) is 25.1 Å². The quantitative estimate of drug-likeness (QED) is 0.716. The summed E-state index contributed by atoms with van der Waals surface area (Å²) in [6.45, 7) is 2.02. The van der Waals surface area contributed by atoms with Crippen molar-refractivity contribution in [1.82, 2.24) is 4.98 Å². The van der Waals surface area contributed by atoms with Crippen LogP contribution in [0.5, 0.6) is 0 Å². The molecule has 0 spiro atoms. The smallest absolute Gasteiger partial charge is 0.0705 e. The minimum absolute atomic E-state index is 0.221. The van der Waals surface area contributed by atoms with Crippen LogP contribution in [0.25, 0.3) is 10.9 Å². The van der Waals surface area contributed by atoms with Crippen molar-refractivity contribution in [3.8, 4) is 0 Å². The van der Waals surface area contributed by atoms with Crippen LogP contribution in [-0.4, -0.2) is 10.4 Å². The predicted octanol–water partition coefficient (Wildman–Crippen LogP) is 3.79. The fourth-order valence-corrected chi connectivity index (χ4v) is 1.70. The number of fused-ring (bicyclic) bond motifs is 1. The van der Waals surface area contributed by atoms with Crippen LogP contribution in [0.1, 0.15) is 19.0 Å². The van der Waals surface area contributed by atoms with E-state index in [4.69, 9.17) is 11.6 Å². The molecule has 15 heavy (non-hydrogen) atoms. The average Bonchev–Trinajstić information content (AvgIpc) is 2.26. The van der Waals surface area contributed by atoms with Crippen LogP contribution in [-0.2, 0) is 6.42 Å². The van der Waals surface area contributed by atoms with E-state index in [0.717, 1.165) is 24.1 Å². The van der Waals surface area contributed by atoms with Crippen LogP contribution in [0.4, 0.5) is 0 Å². The Morgan fingerprint density at radius 1 is 1.20 bits per heavy atom. The minimum Gasteiger partial charge on any atom is -0.253 e. The molecule has 1 heterocycles. The highest BCUT2D eigenvalue weighted by Crippen LogP contribution is 2.13. The van der Waals surface area contributed by atoms with Crippen molar-refractivity contribution >= 4 is 22.5 Å². The van der Waals surface area contributed by atoms with Crippen LogP contribution < -0.4 is 0 Å². The van der Waals surface area contributed by atoms with Gasteiger partial charge in [-0.05, 0) is 31.9 Å². The molecule has 0 aliphatic heterocycles. The van der Waals surface area contributed by atoms with Crippen molar-refractivity contribution in [3.05, 3.63) is 42.1 Å². The highest BCUT2D eigenvalue weighted by atomic mass is 35.5. The first-order chi connectivity index (χ1) is 7.25. The van der Waals surface area contributed by atoms with E-state index in [-0.39, 0.29) is 5.38 Å². The zero-order valence-electron chi connectivity index (χ0n) is 8.78. The molecule has 1 atom stereocenters. The van der Waals surface area contributed by atoms with Crippen molar-refractivity contribution in [2.24, 2.45) is 0 Å². The summed E-state index contributed by atoms with van der Waals surface area (Å²) in [4.78, 5) is 4.59. The van der Waals surface area contributed by atoms with Crippen LogP contribution in [0, 0.1) is 0 Å². The van der Waals surface area contributed by atoms with E-state index in [1.54, 1.807) is 0 Å². The summed E-state index contributed by atoms with van der Waals surface area (Å²) in [5, 5.41) is 1.42. The molecule has 2 heteroatoms. The Kier molecular flexibility index (Phi) is 3.22. The van der Waals surface area contributed by atoms with Gasteiger partial charge in [-0.25, -0.2) is 0 Å². The Balaban J connectivity index is 2.23. The van der Waals surface area contributed by atoms with E-state index in [9.17, 15) is 0 Å². The summed E-state index contributed by atoms with van der Waals surface area (Å²) in [6, 6.07) is 12.4. The molecule has 1 unspecified atom stereocenters. The molecule has 1 nitrogen and oxygen atoms in total. The number of rotatable bonds is 3. The molecular formula is C13H14ClN. The maximum atomic E-state index is 5.92. The van der Waals surface area contributed by atoms with Crippen molar-refractivity contribution in [2.45, 2.75) is 25.1 Å². The number of para-hydroxylation sites is 1. The van der Waals surface area contributed by atoms with Gasteiger partial charge in [0, 0.05) is 16.5 Å². The lowest BCUT2D eigenvalue weighted by Crippen LogP contribution is -1.97. The summed E-state index contributed by atoms with van der Waals surface area (Å²) in [5.41, 5.74) is 2.19. The first-order valence-corrected chi connectivity index (χ1v) is 5.68. The van der Waals surface area contributed by atoms with Gasteiger partial charge in [-0.3, -0.25) is 4.98 Å². The lowest BCUT2D eigenvalue weighted by atomic mass is 10.1. The van der Waals surface area contributed by atoms with Gasteiger partial charge in [0.1, 0.15) is 0 Å². The number of pyridine rings is 1. The molecule has 0 amide bonds. The highest BCUT2D eigenvalue weighted by molar-refractivity contribution is 6.20. The number of halogens is 1. The van der Waals surface area contributed by atoms with Gasteiger partial charge in [0.2, 0.25) is 0 Å². The molecule has 0 fully saturated rings. The molecular weight excluding hydrogens is 206 g/mol. The van der Waals surface area contributed by atoms with Crippen molar-refractivity contribution in [1.29, 1.82) is 0 Å². The monoisotopic (exact) mass is 219 g/mol. The lowest BCUT2D eigenvalue weighted by molar-refractivity contribution is 0.787. The number of alkyl halides is 1. The number of hydrogen-bond donors (Lipinski definition) is 0. The standard InChI is InChI=1S/C13H14ClN/c1-10(14)6-8-12-9-7-11-4-2-3-5-13(11)15-12/h2-5,7,9-10H,6,8H2,1H3. The maximum absolute atomic E-state index is 5.92. The Labute approximate surface area is 95.1 Å². The van der Waals surface area contributed by atoms with Crippen LogP contribution in [0.2, 0.25) is 0 Å². The van der Waals surface area contributed by atoms with Gasteiger partial charge in [0.05, 0.1) is 5.52 Å². The van der Waals surface area contributed by atoms with Gasteiger partial charge in [-0.2, -0.15) is 0 Å². The van der Waals surface area contributed by atoms with E-state index in [2.05, 4.69) is 23.2 Å². The van der Waals surface area contributed by atoms with Crippen LogP contribution in [0.3, 0.4) is 0 Å². The van der Waals surface area contributed by atoms with E-state index in [1.165, 1.54) is 5.39 Å². The highest BCUT2D eigenvalue weighted by Gasteiger charge is 2.00. The number of benzene rings is 1. The summed E-state index contributed by atoms with van der Waals surface area (Å²) in [6.07, 6.45) is 1.93. The fourth-order valence-electron chi connectivity index (χ4n) is 1.59. The first-order valence-electron chi connectivity index (χ1n) is 5.24. The third kappa shape index (κ3) is 2.69. The molecule has 0 aliphatic carbocycles. The summed E-state index contributed by atoms with van der Waals surface area (Å²) < 4.78 is 0. The van der Waals surface area contributed by atoms with Crippen LogP contribution >= 0.6 is 11.6 Å². The van der Waals surface area contributed by atoms with Crippen molar-refractivity contribution in [3.63, 3.8) is 0 Å². The number of aromatic nitrogens is 1. The van der Waals surface area contributed by atoms with E-state index < -0.39 is 0 Å². The zero-order valence-corrected chi connectivity index (χ0v) is 9.54. The third-order valence-corrected chi connectivity index (χ3v) is 2.67. The molecule has 1 aromatic heterocycles. The molecule has 78 valence electrons. The van der Waals surface area contributed by atoms with Crippen molar-refractivity contribution < 1.29 is 0 Å². The third-order valence-electron chi connectivity index (χ3n) is 2.45. The second-order valence-electron chi connectivity index (χ2n) is 3.81. The predicted molar refractivity (Wildman–Crippen MR) is 65.4 cm³/mol. The minimum atomic E-state index is 0.221. The second-order valence-corrected chi connectivity index (χ2v) is 4.56. The first kappa shape index (κ1) is 10.4. The summed E-state index contributed by atoms with van der Waals surface area (Å²) in [5.74, 6) is 0. The molecule has 0 saturated heterocycles. The lowest BCUT2D eigenvalue weighted by Gasteiger charge is -2.04. The Bertz CT molecular complexity index is 451. The molecule has 1 aromatic carbocycles. The molecule has 0 radical (unpaired) electrons. The Morgan fingerprint density at radius 3 is 2.80 bits per heavy atom. The normalized spacial score (nSPS) is 12.9. The fraction of sp³-hybridized carbons (Fsp3) is 0.308. The van der Waals surface area contributed by atoms with E-state index >= 15 is 0 Å². The topological polar surface area (TPSA) is 12.9 Å². The van der Waals surface area contributed by atoms with Gasteiger partial charge in [-0.1, -0.05) is 24.3 Å². The Morgan fingerprint density at radius 2 is 2.00 bits per heavy atom. The number of hydrogen-bond acceptors (Lipinski definition) is 1. The summed E-state index contributed by atoms with van der Waals surface area (Å²) >= 11 is 5.92. The molecule has 2 rings (SSSR count). The van der Waals surface area contributed by atoms with Gasteiger partial charge >= 0.3 is 0 Å². The average molecular weight is 220 g/mol. The molecule has 0 aliphatic rings. The van der Waals surface area contributed by atoms with Crippen molar-refractivity contribution in [2.75, 3.05) is 0 Å². The zero-order chi connectivity index (χ0) is 10.7. The number of nitrogens with zero attached hydrogens (tertiary/aromatic N) is 1. The molecule has 0 bridgehead atoms. The summed E-state index contributed by atoms with van der Waals surface area (Å²) in [7, 11) is 0. The maximum Gasteiger partial charge on any atom is 0.0705 e. The molecule has 2 aromatic rings. The second kappa shape index (κ2) is 4.63. The number of aryl methyl sites for hydroxylation is 1. The Hall–Kier alpha value is -1.08. The molecule has 0 N–H and O–H groups in total. The molecule has 0 saturated carbocycles. The largest absolute Gasteiger partial charge is 0.253 e. The van der Waals surface area contributed by atoms with E-state index in [0.29, 0.717) is 0 Å².